The first-order chi connectivity index (χ1) is 3.97. The van der Waals surface area contributed by atoms with Crippen LogP contribution in [0.2, 0.25) is 0 Å². The highest BCUT2D eigenvalue weighted by atomic mass is 35.6. The van der Waals surface area contributed by atoms with Crippen molar-refractivity contribution in [3.8, 4) is 0 Å². The van der Waals surface area contributed by atoms with E-state index < -0.39 is 10.4 Å². The SMILES string of the molecule is CCO.OCC(Cl)(Cl)Cl. The Kier molecular flexibility index (Phi) is 9.56. The maximum absolute atomic E-state index is 8.01. The molecule has 0 saturated heterocycles. The van der Waals surface area contributed by atoms with Crippen LogP contribution >= 0.6 is 34.8 Å². The first-order valence-electron chi connectivity index (χ1n) is 2.26. The van der Waals surface area contributed by atoms with E-state index in [1.165, 1.54) is 0 Å². The summed E-state index contributed by atoms with van der Waals surface area (Å²) in [6.45, 7) is 1.50. The summed E-state index contributed by atoms with van der Waals surface area (Å²) < 4.78 is -1.49. The summed E-state index contributed by atoms with van der Waals surface area (Å²) in [7, 11) is 0. The smallest absolute Gasteiger partial charge is 0.213 e. The van der Waals surface area contributed by atoms with Gasteiger partial charge in [0, 0.05) is 6.61 Å². The molecule has 0 unspecified atom stereocenters. The minimum Gasteiger partial charge on any atom is -0.397 e. The van der Waals surface area contributed by atoms with E-state index in [-0.39, 0.29) is 6.61 Å². The molecule has 0 rings (SSSR count). The van der Waals surface area contributed by atoms with Gasteiger partial charge in [0.1, 0.15) is 0 Å². The van der Waals surface area contributed by atoms with Gasteiger partial charge in [-0.2, -0.15) is 0 Å². The van der Waals surface area contributed by atoms with Crippen molar-refractivity contribution >= 4 is 34.8 Å². The molecule has 0 saturated carbocycles. The van der Waals surface area contributed by atoms with Crippen molar-refractivity contribution in [3.63, 3.8) is 0 Å². The number of halogens is 3. The van der Waals surface area contributed by atoms with Gasteiger partial charge in [0.25, 0.3) is 0 Å². The molecule has 0 aromatic carbocycles. The van der Waals surface area contributed by atoms with E-state index in [2.05, 4.69) is 0 Å². The molecule has 9 heavy (non-hydrogen) atoms. The minimum atomic E-state index is -1.49. The van der Waals surface area contributed by atoms with Gasteiger partial charge in [-0.15, -0.1) is 0 Å². The summed E-state index contributed by atoms with van der Waals surface area (Å²) >= 11 is 15.0. The molecular weight excluding hydrogens is 186 g/mol. The zero-order chi connectivity index (χ0) is 7.91. The van der Waals surface area contributed by atoms with Crippen molar-refractivity contribution in [1.82, 2.24) is 0 Å². The first kappa shape index (κ1) is 12.5. The van der Waals surface area contributed by atoms with Crippen LogP contribution in [0.3, 0.4) is 0 Å². The highest BCUT2D eigenvalue weighted by molar-refractivity contribution is 6.67. The second-order valence-electron chi connectivity index (χ2n) is 1.09. The maximum Gasteiger partial charge on any atom is 0.213 e. The average molecular weight is 195 g/mol. The van der Waals surface area contributed by atoms with Crippen LogP contribution in [0.1, 0.15) is 6.92 Å². The monoisotopic (exact) mass is 194 g/mol. The molecule has 0 fully saturated rings. The molecule has 0 spiro atoms. The van der Waals surface area contributed by atoms with Gasteiger partial charge in [-0.3, -0.25) is 0 Å². The highest BCUT2D eigenvalue weighted by Gasteiger charge is 2.16. The van der Waals surface area contributed by atoms with Crippen molar-refractivity contribution in [2.75, 3.05) is 13.2 Å². The summed E-state index contributed by atoms with van der Waals surface area (Å²) in [4.78, 5) is 0. The second-order valence-corrected chi connectivity index (χ2v) is 3.61. The molecule has 0 aliphatic carbocycles. The lowest BCUT2D eigenvalue weighted by atomic mass is 10.9. The molecule has 5 heteroatoms. The van der Waals surface area contributed by atoms with Crippen molar-refractivity contribution in [2.45, 2.75) is 10.7 Å². The second kappa shape index (κ2) is 6.90. The third-order valence-corrected chi connectivity index (χ3v) is 0.538. The summed E-state index contributed by atoms with van der Waals surface area (Å²) in [5.74, 6) is 0. The van der Waals surface area contributed by atoms with E-state index in [4.69, 9.17) is 45.0 Å². The summed E-state index contributed by atoms with van der Waals surface area (Å²) in [5.41, 5.74) is 0. The Morgan fingerprint density at radius 2 is 1.33 bits per heavy atom. The fourth-order valence-electron chi connectivity index (χ4n) is 0. The van der Waals surface area contributed by atoms with Crippen LogP contribution in [0.15, 0.2) is 0 Å². The third-order valence-electron chi connectivity index (χ3n) is 0.179. The van der Waals surface area contributed by atoms with Crippen LogP contribution in [0.25, 0.3) is 0 Å². The number of hydrogen-bond acceptors (Lipinski definition) is 2. The van der Waals surface area contributed by atoms with Crippen LogP contribution in [-0.2, 0) is 0 Å². The molecule has 2 N–H and O–H groups in total. The fourth-order valence-corrected chi connectivity index (χ4v) is 0. The van der Waals surface area contributed by atoms with Crippen LogP contribution in [0.4, 0.5) is 0 Å². The highest BCUT2D eigenvalue weighted by Crippen LogP contribution is 2.23. The van der Waals surface area contributed by atoms with E-state index in [1.54, 1.807) is 6.92 Å². The number of hydrogen-bond donors (Lipinski definition) is 2. The molecule has 0 aromatic rings. The molecule has 0 aliphatic rings. The number of aliphatic hydroxyl groups is 2. The van der Waals surface area contributed by atoms with Crippen molar-refractivity contribution in [2.24, 2.45) is 0 Å². The van der Waals surface area contributed by atoms with E-state index >= 15 is 0 Å². The predicted molar refractivity (Wildman–Crippen MR) is 40.1 cm³/mol. The van der Waals surface area contributed by atoms with Crippen molar-refractivity contribution < 1.29 is 10.2 Å². The molecule has 2 nitrogen and oxygen atoms in total. The topological polar surface area (TPSA) is 40.5 Å². The van der Waals surface area contributed by atoms with Gasteiger partial charge < -0.3 is 10.2 Å². The largest absolute Gasteiger partial charge is 0.397 e. The Labute approximate surface area is 69.3 Å². The van der Waals surface area contributed by atoms with E-state index in [9.17, 15) is 0 Å². The predicted octanol–water partition coefficient (Wildman–Crippen LogP) is 1.35. The molecule has 0 bridgehead atoms. The Morgan fingerprint density at radius 3 is 1.33 bits per heavy atom. The zero-order valence-electron chi connectivity index (χ0n) is 4.94. The molecule has 0 aromatic heterocycles. The molecule has 0 atom stereocenters. The first-order valence-corrected chi connectivity index (χ1v) is 3.39. The van der Waals surface area contributed by atoms with Crippen molar-refractivity contribution in [3.05, 3.63) is 0 Å². The maximum atomic E-state index is 8.01. The quantitative estimate of drug-likeness (QED) is 0.573. The van der Waals surface area contributed by atoms with Gasteiger partial charge >= 0.3 is 0 Å². The fraction of sp³-hybridized carbons (Fsp3) is 1.00. The lowest BCUT2D eigenvalue weighted by Gasteiger charge is -2.01. The Hall–Kier alpha value is 0.790. The third kappa shape index (κ3) is 28.2. The lowest BCUT2D eigenvalue weighted by Crippen LogP contribution is -2.06. The minimum absolute atomic E-state index is 0.250. The van der Waals surface area contributed by atoms with Gasteiger partial charge in [-0.05, 0) is 6.92 Å². The van der Waals surface area contributed by atoms with Gasteiger partial charge in [-0.25, -0.2) is 0 Å². The van der Waals surface area contributed by atoms with E-state index in [1.807, 2.05) is 0 Å². The number of aliphatic hydroxyl groups excluding tert-OH is 2. The van der Waals surface area contributed by atoms with Crippen LogP contribution in [-0.4, -0.2) is 27.2 Å². The molecule has 0 heterocycles. The standard InChI is InChI=1S/C2H3Cl3O.C2H6O/c3-2(4,5)1-6;1-2-3/h6H,1H2;3H,2H2,1H3. The molecule has 58 valence electrons. The van der Waals surface area contributed by atoms with Gasteiger partial charge in [-0.1, -0.05) is 34.8 Å². The normalized spacial score (nSPS) is 10.0. The van der Waals surface area contributed by atoms with Crippen LogP contribution in [0, 0.1) is 0 Å². The molecule has 0 amide bonds. The van der Waals surface area contributed by atoms with Crippen molar-refractivity contribution in [1.29, 1.82) is 0 Å². The van der Waals surface area contributed by atoms with E-state index in [0.717, 1.165) is 0 Å². The van der Waals surface area contributed by atoms with Gasteiger partial charge in [0.05, 0.1) is 6.61 Å². The Bertz CT molecular complexity index is 52.3. The summed E-state index contributed by atoms with van der Waals surface area (Å²) in [6, 6.07) is 0. The van der Waals surface area contributed by atoms with Crippen LogP contribution in [0.5, 0.6) is 0 Å². The zero-order valence-corrected chi connectivity index (χ0v) is 7.21. The Balaban J connectivity index is 0. The average Bonchev–Trinajstić information content (AvgIpc) is 1.67. The number of alkyl halides is 3. The lowest BCUT2D eigenvalue weighted by molar-refractivity contribution is 0.303. The van der Waals surface area contributed by atoms with Gasteiger partial charge in [0.15, 0.2) is 0 Å². The Morgan fingerprint density at radius 1 is 1.22 bits per heavy atom. The summed E-state index contributed by atoms with van der Waals surface area (Å²) in [5, 5.41) is 15.6. The molecular formula is C4H9Cl3O2. The van der Waals surface area contributed by atoms with Crippen LogP contribution < -0.4 is 0 Å². The van der Waals surface area contributed by atoms with Gasteiger partial charge in [0.2, 0.25) is 3.79 Å². The number of rotatable bonds is 0. The molecule has 0 aliphatic heterocycles. The molecule has 0 radical (unpaired) electrons. The van der Waals surface area contributed by atoms with E-state index in [0.29, 0.717) is 0 Å². The summed E-state index contributed by atoms with van der Waals surface area (Å²) in [6.07, 6.45) is 0.